The normalized spacial score (nSPS) is 19.3. The first-order chi connectivity index (χ1) is 20.5. The Kier molecular flexibility index (Phi) is 8.55. The highest BCUT2D eigenvalue weighted by Gasteiger charge is 2.46. The van der Waals surface area contributed by atoms with Crippen LogP contribution in [0.25, 0.3) is 11.1 Å². The molecule has 1 aromatic heterocycles. The highest BCUT2D eigenvalue weighted by Crippen LogP contribution is 2.45. The summed E-state index contributed by atoms with van der Waals surface area (Å²) >= 11 is 11.9. The zero-order valence-corrected chi connectivity index (χ0v) is 24.2. The van der Waals surface area contributed by atoms with Gasteiger partial charge in [0.05, 0.1) is 10.6 Å². The van der Waals surface area contributed by atoms with Gasteiger partial charge in [0, 0.05) is 36.3 Å². The van der Waals surface area contributed by atoms with Gasteiger partial charge in [0.15, 0.2) is 0 Å². The van der Waals surface area contributed by atoms with Gasteiger partial charge in [0.2, 0.25) is 17.9 Å². The van der Waals surface area contributed by atoms with Crippen molar-refractivity contribution in [2.75, 3.05) is 30.3 Å². The highest BCUT2D eigenvalue weighted by atomic mass is 35.5. The summed E-state index contributed by atoms with van der Waals surface area (Å²) in [7, 11) is 0. The summed E-state index contributed by atoms with van der Waals surface area (Å²) in [6.07, 6.45) is -10.7. The van der Waals surface area contributed by atoms with Crippen molar-refractivity contribution in [3.05, 3.63) is 63.6 Å². The maximum atomic E-state index is 14.5. The first-order valence-electron chi connectivity index (χ1n) is 13.3. The average Bonchev–Trinajstić information content (AvgIpc) is 3.34. The topological polar surface area (TPSA) is 114 Å². The maximum Gasteiger partial charge on any atom is 0.429 e. The first kappa shape index (κ1) is 31.9. The first-order valence-corrected chi connectivity index (χ1v) is 14.1. The number of hydrogen-bond acceptors (Lipinski definition) is 7. The minimum atomic E-state index is -5.01. The molecule has 2 aromatic carbocycles. The number of ether oxygens (including phenoxy) is 1. The quantitative estimate of drug-likeness (QED) is 0.248. The van der Waals surface area contributed by atoms with Gasteiger partial charge in [-0.15, -0.1) is 0 Å². The number of halogens is 8. The van der Waals surface area contributed by atoms with Crippen molar-refractivity contribution < 1.29 is 41.0 Å². The Morgan fingerprint density at radius 1 is 1.07 bits per heavy atom. The molecule has 16 heteroatoms. The second-order valence-corrected chi connectivity index (χ2v) is 11.7. The number of rotatable bonds is 6. The minimum Gasteiger partial charge on any atom is -0.480 e. The number of nitrogen functional groups attached to an aromatic ring is 1. The molecule has 3 heterocycles. The molecule has 1 spiro atoms. The Labute approximate surface area is 257 Å². The van der Waals surface area contributed by atoms with E-state index in [0.717, 1.165) is 18.2 Å². The van der Waals surface area contributed by atoms with E-state index in [1.807, 2.05) is 4.90 Å². The molecule has 0 amide bonds. The lowest BCUT2D eigenvalue weighted by atomic mass is 9.76. The standard InChI is InChI=1S/C28H25Cl2F6N5O3/c29-15-2-3-16(17(10-15)14-1-4-18(19(30)9-14)27(31,32)33)23(28(34,35)36)44-22-11-21(39-25(37)40-22)41-7-5-26(6-8-41)12-20(24(42)43)38-13-26/h1-4,9-11,20,23,38H,5-8,12-13H2,(H,42,43)(H2,37,39,40)/t20-,23?/m0/s1. The second kappa shape index (κ2) is 11.8. The lowest BCUT2D eigenvalue weighted by Gasteiger charge is -2.39. The number of carboxylic acids is 1. The number of aromatic nitrogens is 2. The number of anilines is 2. The third-order valence-electron chi connectivity index (χ3n) is 7.93. The molecule has 0 radical (unpaired) electrons. The van der Waals surface area contributed by atoms with Crippen LogP contribution < -0.4 is 20.7 Å². The van der Waals surface area contributed by atoms with Crippen LogP contribution in [0.1, 0.15) is 36.5 Å². The Balaban J connectivity index is 1.43. The zero-order chi connectivity index (χ0) is 32.0. The summed E-state index contributed by atoms with van der Waals surface area (Å²) in [4.78, 5) is 21.2. The molecule has 8 nitrogen and oxygen atoms in total. The van der Waals surface area contributed by atoms with E-state index in [4.69, 9.17) is 33.7 Å². The smallest absolute Gasteiger partial charge is 0.429 e. The number of nitrogens with two attached hydrogens (primary N) is 1. The van der Waals surface area contributed by atoms with E-state index >= 15 is 0 Å². The molecular formula is C28H25Cl2F6N5O3. The van der Waals surface area contributed by atoms with E-state index < -0.39 is 52.5 Å². The van der Waals surface area contributed by atoms with E-state index in [0.29, 0.717) is 45.0 Å². The summed E-state index contributed by atoms with van der Waals surface area (Å²) in [5, 5.41) is 11.7. The molecule has 0 bridgehead atoms. The molecule has 44 heavy (non-hydrogen) atoms. The number of hydrogen-bond donors (Lipinski definition) is 3. The van der Waals surface area contributed by atoms with Gasteiger partial charge in [-0.25, -0.2) is 0 Å². The third-order valence-corrected chi connectivity index (χ3v) is 8.48. The zero-order valence-electron chi connectivity index (χ0n) is 22.6. The van der Waals surface area contributed by atoms with Gasteiger partial charge >= 0.3 is 18.3 Å². The van der Waals surface area contributed by atoms with Gasteiger partial charge < -0.3 is 25.8 Å². The van der Waals surface area contributed by atoms with E-state index in [9.17, 15) is 36.2 Å². The number of aliphatic carboxylic acids is 1. The number of benzene rings is 2. The predicted octanol–water partition coefficient (Wildman–Crippen LogP) is 6.77. The number of nitrogens with zero attached hydrogens (tertiary/aromatic N) is 3. The van der Waals surface area contributed by atoms with Gasteiger partial charge in [-0.05, 0) is 60.1 Å². The summed E-state index contributed by atoms with van der Waals surface area (Å²) in [5.41, 5.74) is 3.85. The van der Waals surface area contributed by atoms with E-state index in [-0.39, 0.29) is 33.3 Å². The lowest BCUT2D eigenvalue weighted by molar-refractivity contribution is -0.198. The van der Waals surface area contributed by atoms with Gasteiger partial charge in [-0.3, -0.25) is 4.79 Å². The van der Waals surface area contributed by atoms with Crippen LogP contribution in [0.2, 0.25) is 10.0 Å². The van der Waals surface area contributed by atoms with E-state index in [1.54, 1.807) is 0 Å². The van der Waals surface area contributed by atoms with Crippen molar-refractivity contribution in [1.29, 1.82) is 0 Å². The number of alkyl halides is 6. The maximum absolute atomic E-state index is 14.5. The van der Waals surface area contributed by atoms with Crippen molar-refractivity contribution in [3.8, 4) is 17.0 Å². The van der Waals surface area contributed by atoms with Crippen molar-refractivity contribution in [2.24, 2.45) is 5.41 Å². The third kappa shape index (κ3) is 6.76. The molecule has 0 saturated carbocycles. The van der Waals surface area contributed by atoms with E-state index in [2.05, 4.69) is 15.3 Å². The largest absolute Gasteiger partial charge is 0.480 e. The molecule has 5 rings (SSSR count). The summed E-state index contributed by atoms with van der Waals surface area (Å²) in [6.45, 7) is 1.43. The monoisotopic (exact) mass is 663 g/mol. The summed E-state index contributed by atoms with van der Waals surface area (Å²) in [5.74, 6) is -1.50. The van der Waals surface area contributed by atoms with Crippen molar-refractivity contribution in [1.82, 2.24) is 15.3 Å². The van der Waals surface area contributed by atoms with E-state index in [1.165, 1.54) is 18.2 Å². The molecule has 1 unspecified atom stereocenters. The molecule has 0 aliphatic carbocycles. The van der Waals surface area contributed by atoms with Crippen molar-refractivity contribution in [2.45, 2.75) is 43.8 Å². The Morgan fingerprint density at radius 2 is 1.77 bits per heavy atom. The predicted molar refractivity (Wildman–Crippen MR) is 151 cm³/mol. The van der Waals surface area contributed by atoms with Crippen LogP contribution in [-0.2, 0) is 11.0 Å². The highest BCUT2D eigenvalue weighted by molar-refractivity contribution is 6.32. The molecule has 3 aromatic rings. The van der Waals surface area contributed by atoms with Crippen LogP contribution in [0.5, 0.6) is 5.88 Å². The number of carbonyl (C=O) groups is 1. The van der Waals surface area contributed by atoms with Crippen LogP contribution >= 0.6 is 23.2 Å². The number of piperidine rings is 1. The lowest BCUT2D eigenvalue weighted by Crippen LogP contribution is -2.41. The van der Waals surface area contributed by atoms with Gasteiger partial charge in [0.25, 0.3) is 0 Å². The molecule has 2 saturated heterocycles. The van der Waals surface area contributed by atoms with Gasteiger partial charge in [-0.2, -0.15) is 36.3 Å². The molecule has 2 aliphatic rings. The van der Waals surface area contributed by atoms with Crippen LogP contribution in [0.15, 0.2) is 42.5 Å². The molecule has 2 fully saturated rings. The Hall–Kier alpha value is -3.49. The fourth-order valence-corrected chi connectivity index (χ4v) is 6.14. The van der Waals surface area contributed by atoms with Gasteiger partial charge in [0.1, 0.15) is 11.9 Å². The molecule has 236 valence electrons. The van der Waals surface area contributed by atoms with Crippen LogP contribution in [0.3, 0.4) is 0 Å². The molecule has 2 aliphatic heterocycles. The minimum absolute atomic E-state index is 0.0317. The SMILES string of the molecule is Nc1nc(OC(c2ccc(Cl)cc2-c2ccc(C(F)(F)F)c(Cl)c2)C(F)(F)F)cc(N2CCC3(CC2)CN[C@H](C(=O)O)C3)n1. The molecule has 4 N–H and O–H groups in total. The fourth-order valence-electron chi connectivity index (χ4n) is 5.68. The van der Waals surface area contributed by atoms with Crippen LogP contribution in [-0.4, -0.2) is 52.9 Å². The average molecular weight is 664 g/mol. The van der Waals surface area contributed by atoms with Crippen LogP contribution in [0, 0.1) is 5.41 Å². The Morgan fingerprint density at radius 3 is 2.36 bits per heavy atom. The number of nitrogens with one attached hydrogen (secondary N) is 1. The van der Waals surface area contributed by atoms with Gasteiger partial charge in [-0.1, -0.05) is 35.3 Å². The Bertz CT molecular complexity index is 1560. The molecular weight excluding hydrogens is 639 g/mol. The molecule has 2 atom stereocenters. The van der Waals surface area contributed by atoms with Crippen LogP contribution in [0.4, 0.5) is 38.1 Å². The van der Waals surface area contributed by atoms with Crippen molar-refractivity contribution in [3.63, 3.8) is 0 Å². The summed E-state index contributed by atoms with van der Waals surface area (Å²) in [6, 6.07) is 6.62. The second-order valence-electron chi connectivity index (χ2n) is 10.8. The fraction of sp³-hybridized carbons (Fsp3) is 0.393. The number of carboxylic acid groups (broad SMARTS) is 1. The summed E-state index contributed by atoms with van der Waals surface area (Å²) < 4.78 is 88.8. The van der Waals surface area contributed by atoms with Crippen molar-refractivity contribution >= 4 is 40.9 Å².